The van der Waals surface area contributed by atoms with E-state index >= 15 is 0 Å². The molecule has 1 saturated heterocycles. The highest BCUT2D eigenvalue weighted by Crippen LogP contribution is 2.44. The summed E-state index contributed by atoms with van der Waals surface area (Å²) in [5, 5.41) is 11.8. The molecule has 5 rings (SSSR count). The number of ketones is 1. The Morgan fingerprint density at radius 1 is 1.08 bits per heavy atom. The summed E-state index contributed by atoms with van der Waals surface area (Å²) in [6.07, 6.45) is 0. The Morgan fingerprint density at radius 3 is 2.54 bits per heavy atom. The molecule has 0 saturated carbocycles. The van der Waals surface area contributed by atoms with Crippen LogP contribution in [0.1, 0.15) is 55.0 Å². The van der Waals surface area contributed by atoms with E-state index < -0.39 is 17.7 Å². The molecule has 1 amide bonds. The zero-order chi connectivity index (χ0) is 26.3. The largest absolute Gasteiger partial charge is 0.507 e. The maximum Gasteiger partial charge on any atom is 0.301 e. The van der Waals surface area contributed by atoms with Crippen LogP contribution < -0.4 is 9.64 Å². The van der Waals surface area contributed by atoms with Crippen LogP contribution in [0.15, 0.2) is 72.3 Å². The number of anilines is 1. The summed E-state index contributed by atoms with van der Waals surface area (Å²) >= 11 is 1.36. The van der Waals surface area contributed by atoms with E-state index in [1.54, 1.807) is 24.3 Å². The van der Waals surface area contributed by atoms with Gasteiger partial charge in [-0.25, -0.2) is 4.98 Å². The Bertz CT molecular complexity index is 1530. The zero-order valence-electron chi connectivity index (χ0n) is 21.2. The number of Topliss-reactive ketones (excluding diaryl/α,β-unsaturated/α-hetero) is 1. The van der Waals surface area contributed by atoms with Gasteiger partial charge in [0.2, 0.25) is 0 Å². The molecule has 1 N–H and O–H groups in total. The highest BCUT2D eigenvalue weighted by Gasteiger charge is 2.48. The highest BCUT2D eigenvalue weighted by atomic mass is 32.1. The number of aliphatic hydroxyl groups is 1. The van der Waals surface area contributed by atoms with Gasteiger partial charge in [-0.1, -0.05) is 67.6 Å². The number of rotatable bonds is 6. The maximum absolute atomic E-state index is 13.5. The van der Waals surface area contributed by atoms with Crippen molar-refractivity contribution in [2.24, 2.45) is 0 Å². The molecule has 7 heteroatoms. The number of carbonyl (C=O) groups is 2. The Labute approximate surface area is 219 Å². The van der Waals surface area contributed by atoms with Gasteiger partial charge in [-0.05, 0) is 60.7 Å². The zero-order valence-corrected chi connectivity index (χ0v) is 22.0. The minimum Gasteiger partial charge on any atom is -0.507 e. The smallest absolute Gasteiger partial charge is 0.301 e. The van der Waals surface area contributed by atoms with Gasteiger partial charge in [-0.2, -0.15) is 0 Å². The van der Waals surface area contributed by atoms with Crippen LogP contribution in [0.4, 0.5) is 5.13 Å². The van der Waals surface area contributed by atoms with Crippen molar-refractivity contribution in [3.8, 4) is 5.75 Å². The van der Waals surface area contributed by atoms with E-state index in [0.717, 1.165) is 26.9 Å². The molecule has 1 unspecified atom stereocenters. The fourth-order valence-corrected chi connectivity index (χ4v) is 5.68. The molecular formula is C30H28N2O4S. The van der Waals surface area contributed by atoms with Crippen LogP contribution in [0, 0.1) is 6.92 Å². The number of benzene rings is 3. The van der Waals surface area contributed by atoms with E-state index in [0.29, 0.717) is 29.0 Å². The summed E-state index contributed by atoms with van der Waals surface area (Å²) in [6, 6.07) is 19.8. The SMILES string of the molecule is CCOc1cccc(C(O)=C2C(=O)C(=O)N(c3nc4ccc(C)cc4s3)C2c2ccc(C(C)C)cc2)c1. The number of fused-ring (bicyclic) bond motifs is 1. The van der Waals surface area contributed by atoms with E-state index in [4.69, 9.17) is 9.72 Å². The van der Waals surface area contributed by atoms with Crippen LogP contribution in [0.3, 0.4) is 0 Å². The van der Waals surface area contributed by atoms with E-state index in [1.807, 2.05) is 56.3 Å². The lowest BCUT2D eigenvalue weighted by atomic mass is 9.93. The molecule has 0 aliphatic carbocycles. The number of aromatic nitrogens is 1. The summed E-state index contributed by atoms with van der Waals surface area (Å²) in [6.45, 7) is 8.55. The third-order valence-corrected chi connectivity index (χ3v) is 7.54. The average molecular weight is 513 g/mol. The normalized spacial score (nSPS) is 17.2. The predicted octanol–water partition coefficient (Wildman–Crippen LogP) is 6.75. The lowest BCUT2D eigenvalue weighted by Gasteiger charge is -2.23. The maximum atomic E-state index is 13.5. The molecule has 1 aliphatic heterocycles. The third kappa shape index (κ3) is 4.51. The van der Waals surface area contributed by atoms with Gasteiger partial charge < -0.3 is 9.84 Å². The number of hydrogen-bond acceptors (Lipinski definition) is 6. The van der Waals surface area contributed by atoms with Crippen molar-refractivity contribution < 1.29 is 19.4 Å². The lowest BCUT2D eigenvalue weighted by molar-refractivity contribution is -0.132. The number of ether oxygens (including phenoxy) is 1. The monoisotopic (exact) mass is 512 g/mol. The molecule has 1 fully saturated rings. The van der Waals surface area contributed by atoms with Gasteiger partial charge in [0.1, 0.15) is 11.5 Å². The van der Waals surface area contributed by atoms with Gasteiger partial charge >= 0.3 is 5.91 Å². The van der Waals surface area contributed by atoms with Crippen molar-refractivity contribution in [1.82, 2.24) is 4.98 Å². The van der Waals surface area contributed by atoms with Crippen molar-refractivity contribution in [2.75, 3.05) is 11.5 Å². The molecule has 188 valence electrons. The fourth-order valence-electron chi connectivity index (χ4n) is 4.59. The standard InChI is InChI=1S/C30H28N2O4S/c1-5-36-22-8-6-7-21(16-22)27(33)25-26(20-12-10-19(11-13-20)17(2)3)32(29(35)28(25)34)30-31-23-14-9-18(4)15-24(23)37-30/h6-17,26,33H,5H2,1-4H3. The minimum atomic E-state index is -0.821. The topological polar surface area (TPSA) is 79.7 Å². The Kier molecular flexibility index (Phi) is 6.56. The summed E-state index contributed by atoms with van der Waals surface area (Å²) < 4.78 is 6.51. The Hall–Kier alpha value is -3.97. The quantitative estimate of drug-likeness (QED) is 0.176. The summed E-state index contributed by atoms with van der Waals surface area (Å²) in [7, 11) is 0. The first-order valence-corrected chi connectivity index (χ1v) is 13.1. The molecule has 3 aromatic carbocycles. The van der Waals surface area contributed by atoms with Crippen LogP contribution in [0.25, 0.3) is 16.0 Å². The Morgan fingerprint density at radius 2 is 1.84 bits per heavy atom. The molecule has 0 bridgehead atoms. The van der Waals surface area contributed by atoms with Crippen molar-refractivity contribution in [3.05, 3.63) is 94.6 Å². The van der Waals surface area contributed by atoms with Crippen molar-refractivity contribution >= 4 is 44.1 Å². The number of hydrogen-bond donors (Lipinski definition) is 1. The first-order valence-electron chi connectivity index (χ1n) is 12.3. The van der Waals surface area contributed by atoms with Gasteiger partial charge in [0, 0.05) is 5.56 Å². The second-order valence-electron chi connectivity index (χ2n) is 9.42. The number of aliphatic hydroxyl groups excluding tert-OH is 1. The molecule has 1 aliphatic rings. The molecular weight excluding hydrogens is 484 g/mol. The van der Waals surface area contributed by atoms with Crippen molar-refractivity contribution in [3.63, 3.8) is 0 Å². The predicted molar refractivity (Wildman–Crippen MR) is 147 cm³/mol. The molecule has 4 aromatic rings. The molecule has 0 spiro atoms. The summed E-state index contributed by atoms with van der Waals surface area (Å²) in [5.41, 5.74) is 4.15. The van der Waals surface area contributed by atoms with Gasteiger partial charge in [-0.3, -0.25) is 14.5 Å². The van der Waals surface area contributed by atoms with E-state index in [1.165, 1.54) is 16.2 Å². The number of aryl methyl sites for hydroxylation is 1. The van der Waals surface area contributed by atoms with Gasteiger partial charge in [0.15, 0.2) is 5.13 Å². The van der Waals surface area contributed by atoms with Crippen molar-refractivity contribution in [1.29, 1.82) is 0 Å². The number of nitrogens with zero attached hydrogens (tertiary/aromatic N) is 2. The molecule has 1 atom stereocenters. The van der Waals surface area contributed by atoms with Gasteiger partial charge in [0.05, 0.1) is 28.4 Å². The molecule has 1 aromatic heterocycles. The highest BCUT2D eigenvalue weighted by molar-refractivity contribution is 7.22. The third-order valence-electron chi connectivity index (χ3n) is 6.52. The second-order valence-corrected chi connectivity index (χ2v) is 10.4. The van der Waals surface area contributed by atoms with E-state index in [-0.39, 0.29) is 11.3 Å². The number of amides is 1. The van der Waals surface area contributed by atoms with Crippen molar-refractivity contribution in [2.45, 2.75) is 39.7 Å². The van der Waals surface area contributed by atoms with Gasteiger partial charge in [-0.15, -0.1) is 0 Å². The first-order chi connectivity index (χ1) is 17.8. The minimum absolute atomic E-state index is 0.0337. The number of carbonyl (C=O) groups excluding carboxylic acids is 2. The average Bonchev–Trinajstić information content (AvgIpc) is 3.41. The lowest BCUT2D eigenvalue weighted by Crippen LogP contribution is -2.29. The Balaban J connectivity index is 1.70. The molecule has 37 heavy (non-hydrogen) atoms. The van der Waals surface area contributed by atoms with Crippen LogP contribution in [-0.2, 0) is 9.59 Å². The fraction of sp³-hybridized carbons (Fsp3) is 0.233. The molecule has 2 heterocycles. The van der Waals surface area contributed by atoms with Crippen LogP contribution in [0.2, 0.25) is 0 Å². The van der Waals surface area contributed by atoms with Gasteiger partial charge in [0.25, 0.3) is 5.78 Å². The summed E-state index contributed by atoms with van der Waals surface area (Å²) in [5.74, 6) is -0.796. The second kappa shape index (κ2) is 9.82. The number of thiazole rings is 1. The van der Waals surface area contributed by atoms with E-state index in [2.05, 4.69) is 13.8 Å². The van der Waals surface area contributed by atoms with Crippen LogP contribution in [-0.4, -0.2) is 28.4 Å². The van der Waals surface area contributed by atoms with Crippen LogP contribution in [0.5, 0.6) is 5.75 Å². The first kappa shape index (κ1) is 24.7. The van der Waals surface area contributed by atoms with Crippen LogP contribution >= 0.6 is 11.3 Å². The van der Waals surface area contributed by atoms with E-state index in [9.17, 15) is 14.7 Å². The molecule has 0 radical (unpaired) electrons. The summed E-state index contributed by atoms with van der Waals surface area (Å²) in [4.78, 5) is 33.1. The molecule has 6 nitrogen and oxygen atoms in total.